The van der Waals surface area contributed by atoms with Crippen molar-refractivity contribution in [1.82, 2.24) is 19.5 Å². The number of rotatable bonds is 5. The van der Waals surface area contributed by atoms with E-state index in [1.165, 1.54) is 0 Å². The molecule has 0 radical (unpaired) electrons. The third-order valence-electron chi connectivity index (χ3n) is 4.19. The highest BCUT2D eigenvalue weighted by Gasteiger charge is 2.14. The topological polar surface area (TPSA) is 64.9 Å². The Morgan fingerprint density at radius 1 is 1.19 bits per heavy atom. The molecule has 0 aliphatic heterocycles. The number of anilines is 2. The molecule has 3 heterocycles. The Labute approximate surface area is 165 Å². The second-order valence-corrected chi connectivity index (χ2v) is 8.18. The Morgan fingerprint density at radius 3 is 2.70 bits per heavy atom. The van der Waals surface area contributed by atoms with Crippen molar-refractivity contribution in [2.75, 3.05) is 12.4 Å². The first-order chi connectivity index (χ1) is 13.0. The van der Waals surface area contributed by atoms with Crippen molar-refractivity contribution in [3.05, 3.63) is 46.8 Å². The van der Waals surface area contributed by atoms with Crippen molar-refractivity contribution in [1.29, 1.82) is 0 Å². The quantitative estimate of drug-likeness (QED) is 0.511. The van der Waals surface area contributed by atoms with Crippen LogP contribution >= 0.6 is 22.7 Å². The van der Waals surface area contributed by atoms with Gasteiger partial charge in [-0.05, 0) is 32.0 Å². The van der Waals surface area contributed by atoms with Gasteiger partial charge in [-0.15, -0.1) is 22.7 Å². The summed E-state index contributed by atoms with van der Waals surface area (Å²) in [7, 11) is 3.65. The van der Waals surface area contributed by atoms with Crippen LogP contribution in [0, 0.1) is 13.8 Å². The maximum absolute atomic E-state index is 5.52. The minimum absolute atomic E-state index is 0.766. The van der Waals surface area contributed by atoms with Crippen molar-refractivity contribution in [2.24, 2.45) is 7.05 Å². The van der Waals surface area contributed by atoms with Crippen LogP contribution in [-0.2, 0) is 7.05 Å². The normalized spacial score (nSPS) is 11.0. The number of ether oxygens (including phenoxy) is 1. The lowest BCUT2D eigenvalue weighted by Crippen LogP contribution is -1.96. The molecule has 0 bridgehead atoms. The highest BCUT2D eigenvalue weighted by molar-refractivity contribution is 7.16. The largest absolute Gasteiger partial charge is 0.495 e. The molecule has 0 saturated carbocycles. The number of aryl methyl sites for hydroxylation is 3. The number of methoxy groups -OCH3 is 1. The predicted octanol–water partition coefficient (Wildman–Crippen LogP) is 5.04. The van der Waals surface area contributed by atoms with Crippen molar-refractivity contribution < 1.29 is 4.74 Å². The van der Waals surface area contributed by atoms with Crippen LogP contribution in [0.3, 0.4) is 0 Å². The maximum Gasteiger partial charge on any atom is 0.187 e. The fourth-order valence-corrected chi connectivity index (χ4v) is 4.59. The van der Waals surface area contributed by atoms with E-state index in [0.29, 0.717) is 0 Å². The molecule has 0 saturated heterocycles. The van der Waals surface area contributed by atoms with Crippen LogP contribution in [0.4, 0.5) is 10.8 Å². The van der Waals surface area contributed by atoms with Gasteiger partial charge < -0.3 is 14.6 Å². The number of hydrogen-bond acceptors (Lipinski definition) is 7. The zero-order chi connectivity index (χ0) is 19.0. The Morgan fingerprint density at radius 2 is 2.04 bits per heavy atom. The van der Waals surface area contributed by atoms with E-state index in [0.717, 1.165) is 49.1 Å². The first-order valence-corrected chi connectivity index (χ1v) is 10.1. The molecule has 0 fully saturated rings. The molecule has 0 spiro atoms. The number of hydrogen-bond donors (Lipinski definition) is 1. The van der Waals surface area contributed by atoms with Gasteiger partial charge in [-0.2, -0.15) is 0 Å². The second-order valence-electron chi connectivity index (χ2n) is 6.12. The van der Waals surface area contributed by atoms with Crippen molar-refractivity contribution in [3.8, 4) is 27.6 Å². The average Bonchev–Trinajstić information content (AvgIpc) is 3.35. The Hall–Kier alpha value is -2.71. The van der Waals surface area contributed by atoms with E-state index >= 15 is 0 Å². The highest BCUT2D eigenvalue weighted by Crippen LogP contribution is 2.36. The molecular formula is C19H19N5OS2. The molecule has 1 aromatic carbocycles. The maximum atomic E-state index is 5.52. The van der Waals surface area contributed by atoms with Crippen LogP contribution in [0.2, 0.25) is 0 Å². The molecule has 138 valence electrons. The van der Waals surface area contributed by atoms with Gasteiger partial charge in [0.25, 0.3) is 0 Å². The van der Waals surface area contributed by atoms with Crippen LogP contribution < -0.4 is 10.1 Å². The molecule has 1 N–H and O–H groups in total. The summed E-state index contributed by atoms with van der Waals surface area (Å²) in [5.41, 5.74) is 4.94. The van der Waals surface area contributed by atoms with Crippen molar-refractivity contribution in [3.63, 3.8) is 0 Å². The molecule has 4 rings (SSSR count). The number of nitrogens with one attached hydrogen (secondary N) is 1. The summed E-state index contributed by atoms with van der Waals surface area (Å²) < 4.78 is 7.51. The number of aromatic nitrogens is 4. The van der Waals surface area contributed by atoms with Gasteiger partial charge in [-0.1, -0.05) is 0 Å². The van der Waals surface area contributed by atoms with Crippen LogP contribution in [-0.4, -0.2) is 26.6 Å². The number of imidazole rings is 1. The molecule has 6 nitrogen and oxygen atoms in total. The average molecular weight is 398 g/mol. The molecule has 8 heteroatoms. The van der Waals surface area contributed by atoms with Crippen LogP contribution in [0.15, 0.2) is 36.1 Å². The molecule has 0 unspecified atom stereocenters. The second kappa shape index (κ2) is 7.13. The van der Waals surface area contributed by atoms with E-state index in [2.05, 4.69) is 26.7 Å². The first-order valence-electron chi connectivity index (χ1n) is 8.37. The van der Waals surface area contributed by atoms with E-state index < -0.39 is 0 Å². The van der Waals surface area contributed by atoms with E-state index in [4.69, 9.17) is 9.72 Å². The number of thiazole rings is 2. The Balaban J connectivity index is 1.66. The van der Waals surface area contributed by atoms with Gasteiger partial charge in [0.1, 0.15) is 5.75 Å². The number of nitrogens with zero attached hydrogens (tertiary/aromatic N) is 4. The lowest BCUT2D eigenvalue weighted by molar-refractivity contribution is 0.417. The van der Waals surface area contributed by atoms with Gasteiger partial charge in [-0.25, -0.2) is 15.0 Å². The molecule has 0 atom stereocenters. The highest BCUT2D eigenvalue weighted by atomic mass is 32.1. The van der Waals surface area contributed by atoms with Gasteiger partial charge in [0.05, 0.1) is 52.3 Å². The summed E-state index contributed by atoms with van der Waals surface area (Å²) in [4.78, 5) is 14.5. The van der Waals surface area contributed by atoms with Gasteiger partial charge in [0, 0.05) is 18.0 Å². The molecule has 27 heavy (non-hydrogen) atoms. The minimum Gasteiger partial charge on any atom is -0.495 e. The van der Waals surface area contributed by atoms with Crippen molar-refractivity contribution >= 4 is 33.5 Å². The third kappa shape index (κ3) is 3.45. The monoisotopic (exact) mass is 397 g/mol. The SMILES string of the molecule is COc1ccc(-c2cncn2C)cc1Nc1nc(-c2sc(C)nc2C)cs1. The van der Waals surface area contributed by atoms with Gasteiger partial charge in [0.2, 0.25) is 0 Å². The summed E-state index contributed by atoms with van der Waals surface area (Å²) in [5.74, 6) is 0.766. The van der Waals surface area contributed by atoms with Crippen molar-refractivity contribution in [2.45, 2.75) is 13.8 Å². The molecule has 0 aliphatic carbocycles. The predicted molar refractivity (Wildman–Crippen MR) is 111 cm³/mol. The lowest BCUT2D eigenvalue weighted by atomic mass is 10.1. The zero-order valence-corrected chi connectivity index (χ0v) is 17.1. The van der Waals surface area contributed by atoms with Crippen LogP contribution in [0.1, 0.15) is 10.7 Å². The first kappa shape index (κ1) is 17.7. The summed E-state index contributed by atoms with van der Waals surface area (Å²) in [6.07, 6.45) is 3.64. The minimum atomic E-state index is 0.766. The van der Waals surface area contributed by atoms with Gasteiger partial charge >= 0.3 is 0 Å². The number of benzene rings is 1. The zero-order valence-electron chi connectivity index (χ0n) is 15.5. The third-order valence-corrected chi connectivity index (χ3v) is 6.05. The summed E-state index contributed by atoms with van der Waals surface area (Å²) in [6.45, 7) is 4.03. The van der Waals surface area contributed by atoms with Crippen LogP contribution in [0.25, 0.3) is 21.8 Å². The molecule has 4 aromatic rings. The summed E-state index contributed by atoms with van der Waals surface area (Å²) >= 11 is 3.23. The fourth-order valence-electron chi connectivity index (χ4n) is 2.92. The molecule has 0 aliphatic rings. The fraction of sp³-hybridized carbons (Fsp3) is 0.211. The summed E-state index contributed by atoms with van der Waals surface area (Å²) in [5, 5.41) is 7.32. The van der Waals surface area contributed by atoms with E-state index in [9.17, 15) is 0 Å². The van der Waals surface area contributed by atoms with Gasteiger partial charge in [-0.3, -0.25) is 0 Å². The Bertz CT molecular complexity index is 1100. The standard InChI is InChI=1S/C19H19N5OS2/c1-11-18(27-12(2)21-11)15-9-26-19(23-15)22-14-7-13(5-6-17(14)25-4)16-8-20-10-24(16)3/h5-10H,1-4H3,(H,22,23). The van der Waals surface area contributed by atoms with Crippen LogP contribution in [0.5, 0.6) is 5.75 Å². The molecule has 3 aromatic heterocycles. The smallest absolute Gasteiger partial charge is 0.187 e. The van der Waals surface area contributed by atoms with E-state index in [-0.39, 0.29) is 0 Å². The molecule has 0 amide bonds. The van der Waals surface area contributed by atoms with E-state index in [1.54, 1.807) is 36.1 Å². The van der Waals surface area contributed by atoms with Gasteiger partial charge in [0.15, 0.2) is 5.13 Å². The molecular weight excluding hydrogens is 378 g/mol. The lowest BCUT2D eigenvalue weighted by Gasteiger charge is -2.11. The Kier molecular flexibility index (Phi) is 4.67. The summed E-state index contributed by atoms with van der Waals surface area (Å²) in [6, 6.07) is 6.03. The van der Waals surface area contributed by atoms with E-state index in [1.807, 2.05) is 43.8 Å².